The summed E-state index contributed by atoms with van der Waals surface area (Å²) in [5.41, 5.74) is 1.62. The lowest BCUT2D eigenvalue weighted by Gasteiger charge is -2.23. The van der Waals surface area contributed by atoms with Crippen molar-refractivity contribution < 1.29 is 28.6 Å². The van der Waals surface area contributed by atoms with Crippen molar-refractivity contribution in [1.29, 1.82) is 0 Å². The van der Waals surface area contributed by atoms with Gasteiger partial charge in [-0.2, -0.15) is 0 Å². The monoisotopic (exact) mass is 471 g/mol. The molecule has 0 spiro atoms. The summed E-state index contributed by atoms with van der Waals surface area (Å²) in [6, 6.07) is 16.7. The first-order valence-electron chi connectivity index (χ1n) is 10.9. The predicted molar refractivity (Wildman–Crippen MR) is 125 cm³/mol. The molecule has 0 bridgehead atoms. The Morgan fingerprint density at radius 3 is 2.57 bits per heavy atom. The minimum Gasteiger partial charge on any atom is -0.507 e. The summed E-state index contributed by atoms with van der Waals surface area (Å²) in [4.78, 5) is 35.1. The molecule has 1 atom stereocenters. The number of aromatic amines is 1. The van der Waals surface area contributed by atoms with Gasteiger partial charge in [0.15, 0.2) is 11.5 Å². The third kappa shape index (κ3) is 3.40. The number of hydrogen-bond donors (Lipinski definition) is 2. The SMILES string of the molecule is O=C1C(=O)N(c2nc3ccc(F)cc3[nH]2)C(c2ccccc2)/C1=C(\O)c1ccc2c(c1)OCCO2. The Morgan fingerprint density at radius 2 is 1.77 bits per heavy atom. The third-order valence-electron chi connectivity index (χ3n) is 6.03. The fourth-order valence-electron chi connectivity index (χ4n) is 4.43. The molecule has 0 radical (unpaired) electrons. The first-order valence-corrected chi connectivity index (χ1v) is 10.9. The second kappa shape index (κ2) is 7.98. The molecule has 9 heteroatoms. The molecule has 3 aromatic carbocycles. The van der Waals surface area contributed by atoms with E-state index in [2.05, 4.69) is 9.97 Å². The molecule has 1 amide bonds. The quantitative estimate of drug-likeness (QED) is 0.265. The molecule has 35 heavy (non-hydrogen) atoms. The van der Waals surface area contributed by atoms with Crippen LogP contribution in [0.2, 0.25) is 0 Å². The van der Waals surface area contributed by atoms with E-state index in [0.717, 1.165) is 0 Å². The van der Waals surface area contributed by atoms with Gasteiger partial charge in [0, 0.05) is 5.56 Å². The second-order valence-corrected chi connectivity index (χ2v) is 8.16. The van der Waals surface area contributed by atoms with E-state index in [1.54, 1.807) is 48.5 Å². The van der Waals surface area contributed by atoms with E-state index in [1.807, 2.05) is 0 Å². The first kappa shape index (κ1) is 20.9. The molecule has 2 aliphatic heterocycles. The maximum absolute atomic E-state index is 13.7. The fourth-order valence-corrected chi connectivity index (χ4v) is 4.43. The summed E-state index contributed by atoms with van der Waals surface area (Å²) < 4.78 is 24.9. The Labute approximate surface area is 198 Å². The van der Waals surface area contributed by atoms with Gasteiger partial charge >= 0.3 is 5.91 Å². The summed E-state index contributed by atoms with van der Waals surface area (Å²) in [6.07, 6.45) is 0. The lowest BCUT2D eigenvalue weighted by Crippen LogP contribution is -2.30. The number of ketones is 1. The largest absolute Gasteiger partial charge is 0.507 e. The topological polar surface area (TPSA) is 105 Å². The molecule has 2 N–H and O–H groups in total. The van der Waals surface area contributed by atoms with Gasteiger partial charge in [-0.3, -0.25) is 14.5 Å². The molecule has 1 aromatic heterocycles. The first-order chi connectivity index (χ1) is 17.0. The Balaban J connectivity index is 1.53. The van der Waals surface area contributed by atoms with Gasteiger partial charge < -0.3 is 19.6 Å². The maximum Gasteiger partial charge on any atom is 0.302 e. The van der Waals surface area contributed by atoms with Gasteiger partial charge in [0.2, 0.25) is 5.95 Å². The van der Waals surface area contributed by atoms with Crippen molar-refractivity contribution in [2.24, 2.45) is 0 Å². The van der Waals surface area contributed by atoms with Crippen LogP contribution in [0.1, 0.15) is 17.2 Å². The molecule has 0 aliphatic carbocycles. The Morgan fingerprint density at radius 1 is 1.00 bits per heavy atom. The molecule has 1 unspecified atom stereocenters. The second-order valence-electron chi connectivity index (χ2n) is 8.16. The minimum atomic E-state index is -0.963. The van der Waals surface area contributed by atoms with Crippen LogP contribution in [0.3, 0.4) is 0 Å². The van der Waals surface area contributed by atoms with Crippen LogP contribution in [0, 0.1) is 5.82 Å². The van der Waals surface area contributed by atoms with E-state index in [4.69, 9.17) is 9.47 Å². The number of aliphatic hydroxyl groups excluding tert-OH is 1. The standard InChI is InChI=1S/C26H18FN3O5/c27-16-7-8-17-18(13-16)29-26(28-17)30-22(14-4-2-1-3-5-14)21(24(32)25(30)33)23(31)15-6-9-19-20(12-15)35-11-10-34-19/h1-9,12-13,22,31H,10-11H2,(H,28,29)/b23-21+. The number of amides is 1. The van der Waals surface area contributed by atoms with Crippen LogP contribution in [0.5, 0.6) is 11.5 Å². The lowest BCUT2D eigenvalue weighted by atomic mass is 9.95. The van der Waals surface area contributed by atoms with Crippen molar-refractivity contribution in [3.8, 4) is 11.5 Å². The van der Waals surface area contributed by atoms with Gasteiger partial charge in [-0.25, -0.2) is 9.37 Å². The number of aromatic nitrogens is 2. The molecule has 1 saturated heterocycles. The summed E-state index contributed by atoms with van der Waals surface area (Å²) in [5, 5.41) is 11.3. The van der Waals surface area contributed by atoms with Crippen molar-refractivity contribution in [3.63, 3.8) is 0 Å². The minimum absolute atomic E-state index is 0.0720. The molecule has 4 aromatic rings. The van der Waals surface area contributed by atoms with E-state index >= 15 is 0 Å². The van der Waals surface area contributed by atoms with Crippen LogP contribution in [0.15, 0.2) is 72.3 Å². The number of benzene rings is 3. The molecule has 1 fully saturated rings. The zero-order valence-corrected chi connectivity index (χ0v) is 18.2. The number of nitrogens with zero attached hydrogens (tertiary/aromatic N) is 2. The Hall–Kier alpha value is -4.66. The van der Waals surface area contributed by atoms with Crippen LogP contribution < -0.4 is 14.4 Å². The van der Waals surface area contributed by atoms with Crippen molar-refractivity contribution in [2.45, 2.75) is 6.04 Å². The molecule has 0 saturated carbocycles. The number of carbonyl (C=O) groups excluding carboxylic acids is 2. The van der Waals surface area contributed by atoms with Gasteiger partial charge in [-0.1, -0.05) is 30.3 Å². The van der Waals surface area contributed by atoms with Crippen LogP contribution in [0.4, 0.5) is 10.3 Å². The van der Waals surface area contributed by atoms with E-state index in [1.165, 1.54) is 23.1 Å². The molecule has 2 aliphatic rings. The van der Waals surface area contributed by atoms with Crippen molar-refractivity contribution in [1.82, 2.24) is 9.97 Å². The highest BCUT2D eigenvalue weighted by Crippen LogP contribution is 2.42. The Bertz CT molecular complexity index is 1530. The predicted octanol–water partition coefficient (Wildman–Crippen LogP) is 4.10. The van der Waals surface area contributed by atoms with Crippen LogP contribution in [-0.2, 0) is 9.59 Å². The highest BCUT2D eigenvalue weighted by Gasteiger charge is 2.48. The number of H-pyrrole nitrogens is 1. The summed E-state index contributed by atoms with van der Waals surface area (Å²) in [7, 11) is 0. The molecule has 3 heterocycles. The smallest absolute Gasteiger partial charge is 0.302 e. The van der Waals surface area contributed by atoms with Gasteiger partial charge in [0.25, 0.3) is 5.78 Å². The van der Waals surface area contributed by atoms with Gasteiger partial charge in [-0.15, -0.1) is 0 Å². The molecule has 174 valence electrons. The highest BCUT2D eigenvalue weighted by atomic mass is 19.1. The Kier molecular flexibility index (Phi) is 4.77. The number of imidazole rings is 1. The van der Waals surface area contributed by atoms with Gasteiger partial charge in [0.1, 0.15) is 24.8 Å². The maximum atomic E-state index is 13.7. The number of hydrogen-bond acceptors (Lipinski definition) is 6. The number of ether oxygens (including phenoxy) is 2. The zero-order valence-electron chi connectivity index (χ0n) is 18.2. The normalized spacial score (nSPS) is 18.9. The van der Waals surface area contributed by atoms with Crippen LogP contribution in [0.25, 0.3) is 16.8 Å². The highest BCUT2D eigenvalue weighted by molar-refractivity contribution is 6.51. The average Bonchev–Trinajstić information content (AvgIpc) is 3.41. The van der Waals surface area contributed by atoms with E-state index < -0.39 is 23.5 Å². The zero-order chi connectivity index (χ0) is 24.1. The van der Waals surface area contributed by atoms with Crippen molar-refractivity contribution >= 4 is 34.4 Å². The van der Waals surface area contributed by atoms with Gasteiger partial charge in [0.05, 0.1) is 22.6 Å². The number of Topliss-reactive ketones (excluding diaryl/α,β-unsaturated/α-hetero) is 1. The van der Waals surface area contributed by atoms with E-state index in [-0.39, 0.29) is 17.3 Å². The van der Waals surface area contributed by atoms with E-state index in [9.17, 15) is 19.1 Å². The number of carbonyl (C=O) groups is 2. The van der Waals surface area contributed by atoms with Crippen LogP contribution in [-0.4, -0.2) is 40.0 Å². The number of fused-ring (bicyclic) bond motifs is 2. The number of anilines is 1. The number of rotatable bonds is 3. The molecule has 8 nitrogen and oxygen atoms in total. The number of nitrogens with one attached hydrogen (secondary N) is 1. The number of aliphatic hydroxyl groups is 1. The summed E-state index contributed by atoms with van der Waals surface area (Å²) >= 11 is 0. The van der Waals surface area contributed by atoms with E-state index in [0.29, 0.717) is 46.9 Å². The third-order valence-corrected chi connectivity index (χ3v) is 6.03. The average molecular weight is 471 g/mol. The van der Waals surface area contributed by atoms with Crippen molar-refractivity contribution in [3.05, 3.63) is 89.2 Å². The summed E-state index contributed by atoms with van der Waals surface area (Å²) in [6.45, 7) is 0.775. The molecular formula is C26H18FN3O5. The number of halogens is 1. The lowest BCUT2D eigenvalue weighted by molar-refractivity contribution is -0.132. The molecule has 6 rings (SSSR count). The van der Waals surface area contributed by atoms with Crippen LogP contribution >= 0.6 is 0 Å². The summed E-state index contributed by atoms with van der Waals surface area (Å²) in [5.74, 6) is -1.50. The fraction of sp³-hybridized carbons (Fsp3) is 0.115. The van der Waals surface area contributed by atoms with Crippen molar-refractivity contribution in [2.75, 3.05) is 18.1 Å². The van der Waals surface area contributed by atoms with Gasteiger partial charge in [-0.05, 0) is 42.0 Å². The molecular weight excluding hydrogens is 453 g/mol.